The Bertz CT molecular complexity index is 320. The molecule has 1 N–H and O–H groups in total. The molecule has 0 bridgehead atoms. The zero-order valence-electron chi connectivity index (χ0n) is 7.66. The van der Waals surface area contributed by atoms with E-state index in [9.17, 15) is 4.39 Å². The van der Waals surface area contributed by atoms with E-state index >= 15 is 0 Å². The number of aromatic nitrogens is 1. The number of allylic oxidation sites excluding steroid dienone is 1. The molecule has 1 heterocycles. The van der Waals surface area contributed by atoms with Crippen LogP contribution in [0.15, 0.2) is 24.5 Å². The van der Waals surface area contributed by atoms with Gasteiger partial charge in [0.1, 0.15) is 5.82 Å². The molecule has 0 aliphatic rings. The minimum atomic E-state index is -0.525. The molecule has 0 aliphatic carbocycles. The summed E-state index contributed by atoms with van der Waals surface area (Å²) >= 11 is 0. The lowest BCUT2D eigenvalue weighted by molar-refractivity contribution is 0.244. The van der Waals surface area contributed by atoms with E-state index in [0.717, 1.165) is 11.8 Å². The Morgan fingerprint density at radius 2 is 2.31 bits per heavy atom. The second-order valence-electron chi connectivity index (χ2n) is 2.98. The van der Waals surface area contributed by atoms with Gasteiger partial charge in [-0.3, -0.25) is 4.98 Å². The van der Waals surface area contributed by atoms with Crippen LogP contribution in [0.2, 0.25) is 0 Å². The van der Waals surface area contributed by atoms with Gasteiger partial charge < -0.3 is 5.11 Å². The van der Waals surface area contributed by atoms with E-state index in [1.807, 2.05) is 6.92 Å². The monoisotopic (exact) mass is 181 g/mol. The maximum atomic E-state index is 12.7. The van der Waals surface area contributed by atoms with Gasteiger partial charge in [0.2, 0.25) is 0 Å². The van der Waals surface area contributed by atoms with E-state index in [0.29, 0.717) is 5.56 Å². The summed E-state index contributed by atoms with van der Waals surface area (Å²) in [4.78, 5) is 3.72. The molecule has 1 unspecified atom stereocenters. The number of rotatable bonds is 2. The van der Waals surface area contributed by atoms with Gasteiger partial charge in [-0.2, -0.15) is 0 Å². The molecule has 0 aromatic carbocycles. The van der Waals surface area contributed by atoms with Gasteiger partial charge in [-0.15, -0.1) is 0 Å². The summed E-state index contributed by atoms with van der Waals surface area (Å²) in [5, 5.41) is 9.06. The second-order valence-corrected chi connectivity index (χ2v) is 2.98. The Morgan fingerprint density at radius 1 is 1.62 bits per heavy atom. The minimum absolute atomic E-state index is 0.365. The first-order chi connectivity index (χ1) is 6.09. The summed E-state index contributed by atoms with van der Waals surface area (Å²) in [5.74, 6) is -0.365. The molecule has 0 spiro atoms. The molecule has 1 atom stereocenters. The Hall–Kier alpha value is -1.22. The van der Waals surface area contributed by atoms with Crippen LogP contribution in [0.5, 0.6) is 0 Å². The maximum Gasteiger partial charge on any atom is 0.142 e. The Kier molecular flexibility index (Phi) is 3.14. The van der Waals surface area contributed by atoms with E-state index in [4.69, 9.17) is 5.11 Å². The van der Waals surface area contributed by atoms with Crippen molar-refractivity contribution in [1.29, 1.82) is 0 Å². The highest BCUT2D eigenvalue weighted by Gasteiger charge is 1.99. The minimum Gasteiger partial charge on any atom is -0.389 e. The van der Waals surface area contributed by atoms with Crippen LogP contribution in [-0.2, 0) is 0 Å². The summed E-state index contributed by atoms with van der Waals surface area (Å²) in [6.45, 7) is 3.46. The van der Waals surface area contributed by atoms with Gasteiger partial charge in [0.15, 0.2) is 0 Å². The van der Waals surface area contributed by atoms with E-state index < -0.39 is 6.10 Å². The topological polar surface area (TPSA) is 33.1 Å². The van der Waals surface area contributed by atoms with Crippen LogP contribution in [0.1, 0.15) is 19.4 Å². The smallest absolute Gasteiger partial charge is 0.142 e. The van der Waals surface area contributed by atoms with Crippen LogP contribution in [-0.4, -0.2) is 16.2 Å². The predicted molar refractivity (Wildman–Crippen MR) is 49.5 cm³/mol. The largest absolute Gasteiger partial charge is 0.389 e. The normalized spacial score (nSPS) is 14.3. The zero-order chi connectivity index (χ0) is 9.84. The molecule has 13 heavy (non-hydrogen) atoms. The molecule has 0 radical (unpaired) electrons. The van der Waals surface area contributed by atoms with Gasteiger partial charge in [0.25, 0.3) is 0 Å². The molecule has 0 fully saturated rings. The van der Waals surface area contributed by atoms with Crippen molar-refractivity contribution < 1.29 is 9.50 Å². The first-order valence-corrected chi connectivity index (χ1v) is 4.07. The van der Waals surface area contributed by atoms with Crippen molar-refractivity contribution in [3.8, 4) is 0 Å². The molecule has 3 heteroatoms. The molecular formula is C10H12FNO. The van der Waals surface area contributed by atoms with Crippen molar-refractivity contribution in [1.82, 2.24) is 4.98 Å². The van der Waals surface area contributed by atoms with Gasteiger partial charge in [-0.1, -0.05) is 6.08 Å². The molecule has 1 aromatic heterocycles. The summed E-state index contributed by atoms with van der Waals surface area (Å²) < 4.78 is 12.7. The lowest BCUT2D eigenvalue weighted by Gasteiger charge is -2.02. The zero-order valence-corrected chi connectivity index (χ0v) is 7.66. The number of aliphatic hydroxyl groups excluding tert-OH is 1. The van der Waals surface area contributed by atoms with E-state index in [1.165, 1.54) is 6.07 Å². The average Bonchev–Trinajstić information content (AvgIpc) is 2.03. The highest BCUT2D eigenvalue weighted by atomic mass is 19.1. The highest BCUT2D eigenvalue weighted by Crippen LogP contribution is 2.13. The molecule has 1 aromatic rings. The van der Waals surface area contributed by atoms with Crippen LogP contribution in [0, 0.1) is 5.82 Å². The number of aliphatic hydroxyl groups is 1. The van der Waals surface area contributed by atoms with Crippen LogP contribution in [0.3, 0.4) is 0 Å². The molecule has 2 nitrogen and oxygen atoms in total. The van der Waals surface area contributed by atoms with Crippen molar-refractivity contribution >= 4 is 5.57 Å². The van der Waals surface area contributed by atoms with E-state index in [2.05, 4.69) is 4.98 Å². The van der Waals surface area contributed by atoms with Crippen LogP contribution in [0.25, 0.3) is 5.57 Å². The van der Waals surface area contributed by atoms with Crippen LogP contribution in [0.4, 0.5) is 4.39 Å². The first-order valence-electron chi connectivity index (χ1n) is 4.07. The van der Waals surface area contributed by atoms with E-state index in [-0.39, 0.29) is 5.82 Å². The standard InChI is InChI=1S/C10H12FNO/c1-7(3-8(2)13)9-4-10(11)6-12-5-9/h3-6,8,13H,1-2H3/b7-3-. The molecule has 1 rings (SSSR count). The van der Waals surface area contributed by atoms with Gasteiger partial charge in [-0.25, -0.2) is 4.39 Å². The average molecular weight is 181 g/mol. The number of hydrogen-bond donors (Lipinski definition) is 1. The Balaban J connectivity index is 2.95. The Morgan fingerprint density at radius 3 is 2.85 bits per heavy atom. The van der Waals surface area contributed by atoms with Gasteiger partial charge in [-0.05, 0) is 31.1 Å². The molecule has 70 valence electrons. The maximum absolute atomic E-state index is 12.7. The predicted octanol–water partition coefficient (Wildman–Crippen LogP) is 2.00. The summed E-state index contributed by atoms with van der Waals surface area (Å²) in [7, 11) is 0. The Labute approximate surface area is 76.7 Å². The van der Waals surface area contributed by atoms with Crippen LogP contribution >= 0.6 is 0 Å². The van der Waals surface area contributed by atoms with Gasteiger partial charge in [0.05, 0.1) is 12.3 Å². The number of nitrogens with zero attached hydrogens (tertiary/aromatic N) is 1. The molecule has 0 saturated carbocycles. The summed E-state index contributed by atoms with van der Waals surface area (Å²) in [6.07, 6.45) is 3.84. The fourth-order valence-electron chi connectivity index (χ4n) is 1.09. The third-order valence-corrected chi connectivity index (χ3v) is 1.65. The quantitative estimate of drug-likeness (QED) is 0.757. The number of pyridine rings is 1. The SMILES string of the molecule is C/C(=C/C(C)O)c1cncc(F)c1. The van der Waals surface area contributed by atoms with Crippen molar-refractivity contribution in [3.63, 3.8) is 0 Å². The third-order valence-electron chi connectivity index (χ3n) is 1.65. The second kappa shape index (κ2) is 4.14. The number of hydrogen-bond acceptors (Lipinski definition) is 2. The lowest BCUT2D eigenvalue weighted by Crippen LogP contribution is -1.95. The van der Waals surface area contributed by atoms with E-state index in [1.54, 1.807) is 19.2 Å². The summed E-state index contributed by atoms with van der Waals surface area (Å²) in [6, 6.07) is 1.39. The number of halogens is 1. The molecule has 0 saturated heterocycles. The van der Waals surface area contributed by atoms with Crippen molar-refractivity contribution in [2.45, 2.75) is 20.0 Å². The fraction of sp³-hybridized carbons (Fsp3) is 0.300. The van der Waals surface area contributed by atoms with Crippen LogP contribution < -0.4 is 0 Å². The summed E-state index contributed by atoms with van der Waals surface area (Å²) in [5.41, 5.74) is 1.52. The molecule has 0 amide bonds. The highest BCUT2D eigenvalue weighted by molar-refractivity contribution is 5.63. The molecular weight excluding hydrogens is 169 g/mol. The fourth-order valence-corrected chi connectivity index (χ4v) is 1.09. The van der Waals surface area contributed by atoms with Gasteiger partial charge >= 0.3 is 0 Å². The molecule has 0 aliphatic heterocycles. The van der Waals surface area contributed by atoms with Crippen molar-refractivity contribution in [2.75, 3.05) is 0 Å². The van der Waals surface area contributed by atoms with Crippen molar-refractivity contribution in [2.24, 2.45) is 0 Å². The third kappa shape index (κ3) is 2.95. The van der Waals surface area contributed by atoms with Crippen molar-refractivity contribution in [3.05, 3.63) is 35.9 Å². The lowest BCUT2D eigenvalue weighted by atomic mass is 10.1. The van der Waals surface area contributed by atoms with Gasteiger partial charge in [0, 0.05) is 6.20 Å². The first kappa shape index (κ1) is 9.86.